The van der Waals surface area contributed by atoms with E-state index in [4.69, 9.17) is 5.73 Å². The highest BCUT2D eigenvalue weighted by molar-refractivity contribution is 7.90. The number of sulfone groups is 1. The predicted octanol–water partition coefficient (Wildman–Crippen LogP) is 1.07. The molecule has 2 rings (SSSR count). The summed E-state index contributed by atoms with van der Waals surface area (Å²) in [6.07, 6.45) is 5.33. The summed E-state index contributed by atoms with van der Waals surface area (Å²) < 4.78 is 24.9. The Kier molecular flexibility index (Phi) is 3.73. The predicted molar refractivity (Wildman–Crippen MR) is 73.4 cm³/mol. The van der Waals surface area contributed by atoms with Crippen molar-refractivity contribution in [2.75, 3.05) is 6.26 Å². The lowest BCUT2D eigenvalue weighted by molar-refractivity contribution is 0.601. The molecule has 0 aliphatic heterocycles. The topological polar surface area (TPSA) is 78.0 Å². The largest absolute Gasteiger partial charge is 0.338 e. The minimum absolute atomic E-state index is 0.275. The zero-order valence-corrected chi connectivity index (χ0v) is 11.8. The highest BCUT2D eigenvalue weighted by atomic mass is 32.2. The van der Waals surface area contributed by atoms with Crippen LogP contribution in [-0.2, 0) is 23.3 Å². The number of nitrogens with two attached hydrogens (primary N) is 1. The van der Waals surface area contributed by atoms with Gasteiger partial charge in [0.15, 0.2) is 9.84 Å². The van der Waals surface area contributed by atoms with Gasteiger partial charge in [-0.2, -0.15) is 0 Å². The van der Waals surface area contributed by atoms with E-state index in [0.29, 0.717) is 11.3 Å². The zero-order chi connectivity index (χ0) is 14.0. The van der Waals surface area contributed by atoms with E-state index in [2.05, 4.69) is 4.98 Å². The van der Waals surface area contributed by atoms with Gasteiger partial charge in [-0.15, -0.1) is 0 Å². The molecule has 1 aromatic carbocycles. The summed E-state index contributed by atoms with van der Waals surface area (Å²) in [5.74, 6) is 0.872. The minimum Gasteiger partial charge on any atom is -0.338 e. The zero-order valence-electron chi connectivity index (χ0n) is 10.9. The van der Waals surface area contributed by atoms with E-state index in [1.807, 2.05) is 23.9 Å². The second-order valence-electron chi connectivity index (χ2n) is 4.61. The molecule has 1 unspecified atom stereocenters. The van der Waals surface area contributed by atoms with Crippen LogP contribution in [0.4, 0.5) is 0 Å². The van der Waals surface area contributed by atoms with Crippen LogP contribution in [0.3, 0.4) is 0 Å². The summed E-state index contributed by atoms with van der Waals surface area (Å²) >= 11 is 0. The van der Waals surface area contributed by atoms with Crippen molar-refractivity contribution in [1.29, 1.82) is 0 Å². The van der Waals surface area contributed by atoms with Crippen molar-refractivity contribution in [1.82, 2.24) is 9.55 Å². The molecule has 0 aliphatic rings. The molecule has 0 radical (unpaired) electrons. The van der Waals surface area contributed by atoms with Gasteiger partial charge in [0.1, 0.15) is 5.82 Å². The van der Waals surface area contributed by atoms with Crippen molar-refractivity contribution in [3.63, 3.8) is 0 Å². The normalized spacial score (nSPS) is 13.4. The van der Waals surface area contributed by atoms with E-state index >= 15 is 0 Å². The van der Waals surface area contributed by atoms with Crippen LogP contribution in [0.2, 0.25) is 0 Å². The molecule has 2 aromatic rings. The van der Waals surface area contributed by atoms with Crippen LogP contribution in [0.25, 0.3) is 0 Å². The Balaban J connectivity index is 2.25. The van der Waals surface area contributed by atoms with E-state index in [1.165, 1.54) is 6.26 Å². The molecule has 1 atom stereocenters. The van der Waals surface area contributed by atoms with Crippen LogP contribution >= 0.6 is 0 Å². The fourth-order valence-corrected chi connectivity index (χ4v) is 2.56. The number of hydrogen-bond donors (Lipinski definition) is 1. The van der Waals surface area contributed by atoms with Gasteiger partial charge in [0.25, 0.3) is 0 Å². The van der Waals surface area contributed by atoms with Crippen molar-refractivity contribution in [2.45, 2.75) is 17.4 Å². The van der Waals surface area contributed by atoms with Crippen LogP contribution in [0, 0.1) is 0 Å². The number of hydrogen-bond acceptors (Lipinski definition) is 4. The molecular weight excluding hydrogens is 262 g/mol. The third kappa shape index (κ3) is 3.21. The molecule has 2 N–H and O–H groups in total. The Bertz CT molecular complexity index is 677. The molecule has 0 saturated carbocycles. The third-order valence-electron chi connectivity index (χ3n) is 3.04. The number of benzene rings is 1. The van der Waals surface area contributed by atoms with Crippen molar-refractivity contribution in [3.05, 3.63) is 48.0 Å². The minimum atomic E-state index is -3.21. The fraction of sp³-hybridized carbons (Fsp3) is 0.308. The van der Waals surface area contributed by atoms with Gasteiger partial charge < -0.3 is 10.3 Å². The molecule has 0 fully saturated rings. The Morgan fingerprint density at radius 1 is 1.42 bits per heavy atom. The molecule has 5 nitrogen and oxygen atoms in total. The number of aromatic nitrogens is 2. The van der Waals surface area contributed by atoms with Gasteiger partial charge in [-0.1, -0.05) is 12.1 Å². The Labute approximate surface area is 113 Å². The fourth-order valence-electron chi connectivity index (χ4n) is 1.88. The second-order valence-corrected chi connectivity index (χ2v) is 6.63. The molecule has 6 heteroatoms. The molecule has 1 heterocycles. The molecule has 1 aromatic heterocycles. The summed E-state index contributed by atoms with van der Waals surface area (Å²) in [4.78, 5) is 4.51. The summed E-state index contributed by atoms with van der Waals surface area (Å²) in [5.41, 5.74) is 6.92. The molecule has 0 spiro atoms. The smallest absolute Gasteiger partial charge is 0.175 e. The maximum absolute atomic E-state index is 11.5. The van der Waals surface area contributed by atoms with Gasteiger partial charge in [0.2, 0.25) is 0 Å². The number of aryl methyl sites for hydroxylation is 1. The quantitative estimate of drug-likeness (QED) is 0.908. The monoisotopic (exact) mass is 279 g/mol. The van der Waals surface area contributed by atoms with Crippen molar-refractivity contribution in [2.24, 2.45) is 12.8 Å². The van der Waals surface area contributed by atoms with Gasteiger partial charge in [-0.05, 0) is 17.7 Å². The maximum Gasteiger partial charge on any atom is 0.175 e. The van der Waals surface area contributed by atoms with Crippen molar-refractivity contribution >= 4 is 9.84 Å². The van der Waals surface area contributed by atoms with Crippen LogP contribution in [-0.4, -0.2) is 24.2 Å². The first-order valence-electron chi connectivity index (χ1n) is 5.90. The average Bonchev–Trinajstić information content (AvgIpc) is 2.74. The first-order valence-corrected chi connectivity index (χ1v) is 7.79. The van der Waals surface area contributed by atoms with E-state index < -0.39 is 9.84 Å². The summed E-state index contributed by atoms with van der Waals surface area (Å²) in [7, 11) is -1.30. The molecule has 19 heavy (non-hydrogen) atoms. The first kappa shape index (κ1) is 13.8. The van der Waals surface area contributed by atoms with Gasteiger partial charge in [-0.25, -0.2) is 13.4 Å². The van der Waals surface area contributed by atoms with E-state index in [9.17, 15) is 8.42 Å². The lowest BCUT2D eigenvalue weighted by Gasteiger charge is -2.12. The molecule has 0 aliphatic carbocycles. The Hall–Kier alpha value is -1.66. The molecule has 0 saturated heterocycles. The van der Waals surface area contributed by atoms with Gasteiger partial charge in [-0.3, -0.25) is 0 Å². The molecule has 0 bridgehead atoms. The molecular formula is C13H17N3O2S. The molecule has 0 amide bonds. The van der Waals surface area contributed by atoms with Crippen LogP contribution in [0.5, 0.6) is 0 Å². The highest BCUT2D eigenvalue weighted by Crippen LogP contribution is 2.18. The van der Waals surface area contributed by atoms with Crippen molar-refractivity contribution < 1.29 is 8.42 Å². The summed E-state index contributed by atoms with van der Waals surface area (Å²) in [6.45, 7) is 0. The van der Waals surface area contributed by atoms with Gasteiger partial charge in [0.05, 0.1) is 4.90 Å². The van der Waals surface area contributed by atoms with Crippen LogP contribution < -0.4 is 5.73 Å². The summed E-state index contributed by atoms with van der Waals surface area (Å²) in [6, 6.07) is 6.48. The lowest BCUT2D eigenvalue weighted by Crippen LogP contribution is -2.16. The first-order chi connectivity index (χ1) is 8.88. The third-order valence-corrected chi connectivity index (χ3v) is 4.15. The number of nitrogens with zero attached hydrogens (tertiary/aromatic N) is 2. The number of rotatable bonds is 4. The van der Waals surface area contributed by atoms with E-state index in [-0.39, 0.29) is 6.04 Å². The van der Waals surface area contributed by atoms with E-state index in [0.717, 1.165) is 11.4 Å². The lowest BCUT2D eigenvalue weighted by atomic mass is 10.0. The van der Waals surface area contributed by atoms with Crippen LogP contribution in [0.1, 0.15) is 17.4 Å². The summed E-state index contributed by atoms with van der Waals surface area (Å²) in [5, 5.41) is 0. The van der Waals surface area contributed by atoms with Crippen LogP contribution in [0.15, 0.2) is 41.6 Å². The van der Waals surface area contributed by atoms with E-state index in [1.54, 1.807) is 24.4 Å². The van der Waals surface area contributed by atoms with Gasteiger partial charge >= 0.3 is 0 Å². The number of imidazole rings is 1. The average molecular weight is 279 g/mol. The maximum atomic E-state index is 11.5. The second kappa shape index (κ2) is 5.14. The van der Waals surface area contributed by atoms with Gasteiger partial charge in [0, 0.05) is 38.2 Å². The molecule has 102 valence electrons. The Morgan fingerprint density at radius 3 is 2.74 bits per heavy atom. The Morgan fingerprint density at radius 2 is 2.16 bits per heavy atom. The standard InChI is InChI=1S/C13H17N3O2S/c1-16-7-6-15-13(16)9-12(14)10-4-3-5-11(8-10)19(2,17)18/h3-8,12H,9,14H2,1-2H3. The van der Waals surface area contributed by atoms with Crippen molar-refractivity contribution in [3.8, 4) is 0 Å². The highest BCUT2D eigenvalue weighted by Gasteiger charge is 2.13. The SMILES string of the molecule is Cn1ccnc1CC(N)c1cccc(S(C)(=O)=O)c1.